The van der Waals surface area contributed by atoms with Gasteiger partial charge in [0.2, 0.25) is 0 Å². The molecule has 0 amide bonds. The Labute approximate surface area is 165 Å². The lowest BCUT2D eigenvalue weighted by molar-refractivity contribution is -0.0504. The molecular weight excluding hydrogens is 441 g/mol. The maximum absolute atomic E-state index is 12.5. The van der Waals surface area contributed by atoms with Crippen LogP contribution in [0.3, 0.4) is 0 Å². The van der Waals surface area contributed by atoms with Gasteiger partial charge in [-0.2, -0.15) is 8.78 Å². The molecule has 142 valence electrons. The number of ether oxygens (including phenoxy) is 1. The predicted octanol–water partition coefficient (Wildman–Crippen LogP) is 3.06. The Morgan fingerprint density at radius 3 is 2.76 bits per heavy atom. The van der Waals surface area contributed by atoms with Crippen LogP contribution in [0, 0.1) is 0 Å². The van der Waals surface area contributed by atoms with Crippen molar-refractivity contribution < 1.29 is 13.5 Å². The fraction of sp³-hybridized carbons (Fsp3) is 0.588. The molecule has 1 fully saturated rings. The van der Waals surface area contributed by atoms with Crippen molar-refractivity contribution in [3.63, 3.8) is 0 Å². The van der Waals surface area contributed by atoms with Gasteiger partial charge in [0, 0.05) is 24.7 Å². The summed E-state index contributed by atoms with van der Waals surface area (Å²) in [5.74, 6) is 0.854. The van der Waals surface area contributed by atoms with Gasteiger partial charge in [-0.15, -0.1) is 24.0 Å². The van der Waals surface area contributed by atoms with E-state index in [9.17, 15) is 8.78 Å². The van der Waals surface area contributed by atoms with E-state index in [0.717, 1.165) is 19.6 Å². The Balaban J connectivity index is 0.00000312. The lowest BCUT2D eigenvalue weighted by Crippen LogP contribution is -2.44. The number of hydrogen-bond donors (Lipinski definition) is 2. The number of para-hydroxylation sites is 1. The highest BCUT2D eigenvalue weighted by molar-refractivity contribution is 14.0. The molecule has 2 N–H and O–H groups in total. The minimum atomic E-state index is -2.83. The lowest BCUT2D eigenvalue weighted by Gasteiger charge is -2.21. The summed E-state index contributed by atoms with van der Waals surface area (Å²) in [6.07, 6.45) is 2.39. The number of aliphatic imine (C=N–C) groups is 1. The molecule has 1 aliphatic rings. The number of benzene rings is 1. The van der Waals surface area contributed by atoms with Crippen molar-refractivity contribution in [1.29, 1.82) is 0 Å². The first-order chi connectivity index (χ1) is 11.6. The first-order valence-corrected chi connectivity index (χ1v) is 8.35. The summed E-state index contributed by atoms with van der Waals surface area (Å²) in [4.78, 5) is 6.82. The second-order valence-electron chi connectivity index (χ2n) is 5.84. The summed E-state index contributed by atoms with van der Waals surface area (Å²) in [5, 5.41) is 6.52. The molecule has 8 heteroatoms. The van der Waals surface area contributed by atoms with Crippen LogP contribution >= 0.6 is 24.0 Å². The Morgan fingerprint density at radius 2 is 2.12 bits per heavy atom. The average molecular weight is 468 g/mol. The number of rotatable bonds is 7. The van der Waals surface area contributed by atoms with E-state index in [0.29, 0.717) is 17.6 Å². The molecule has 5 nitrogen and oxygen atoms in total. The summed E-state index contributed by atoms with van der Waals surface area (Å²) in [7, 11) is 2.13. The Bertz CT molecular complexity index is 545. The molecule has 1 aromatic carbocycles. The van der Waals surface area contributed by atoms with Gasteiger partial charge in [-0.25, -0.2) is 4.99 Å². The van der Waals surface area contributed by atoms with Crippen LogP contribution in [0.2, 0.25) is 0 Å². The second-order valence-corrected chi connectivity index (χ2v) is 5.84. The molecule has 0 radical (unpaired) electrons. The number of alkyl halides is 2. The normalized spacial score (nSPS) is 18.1. The SMILES string of the molecule is CCNC(=NCc1ccccc1OC(F)F)NCC1CCCN1C.I. The molecule has 0 aliphatic carbocycles. The monoisotopic (exact) mass is 468 g/mol. The molecule has 1 unspecified atom stereocenters. The van der Waals surface area contributed by atoms with Crippen molar-refractivity contribution in [3.8, 4) is 5.75 Å². The van der Waals surface area contributed by atoms with Gasteiger partial charge in [-0.3, -0.25) is 0 Å². The largest absolute Gasteiger partial charge is 0.434 e. The van der Waals surface area contributed by atoms with E-state index >= 15 is 0 Å². The zero-order valence-electron chi connectivity index (χ0n) is 14.7. The Morgan fingerprint density at radius 1 is 1.36 bits per heavy atom. The van der Waals surface area contributed by atoms with Crippen molar-refractivity contribution in [2.45, 2.75) is 39.0 Å². The maximum atomic E-state index is 12.5. The van der Waals surface area contributed by atoms with Crippen LogP contribution in [0.5, 0.6) is 5.75 Å². The van der Waals surface area contributed by atoms with Crippen LogP contribution in [0.1, 0.15) is 25.3 Å². The fourth-order valence-electron chi connectivity index (χ4n) is 2.80. The highest BCUT2D eigenvalue weighted by Crippen LogP contribution is 2.21. The summed E-state index contributed by atoms with van der Waals surface area (Å²) >= 11 is 0. The van der Waals surface area contributed by atoms with Crippen LogP contribution < -0.4 is 15.4 Å². The maximum Gasteiger partial charge on any atom is 0.387 e. The van der Waals surface area contributed by atoms with E-state index in [1.54, 1.807) is 18.2 Å². The van der Waals surface area contributed by atoms with Crippen LogP contribution in [0.15, 0.2) is 29.3 Å². The van der Waals surface area contributed by atoms with Crippen molar-refractivity contribution in [2.75, 3.05) is 26.7 Å². The summed E-state index contributed by atoms with van der Waals surface area (Å²) in [5.41, 5.74) is 0.632. The molecule has 1 heterocycles. The number of nitrogens with one attached hydrogen (secondary N) is 2. The minimum absolute atomic E-state index is 0. The number of hydrogen-bond acceptors (Lipinski definition) is 3. The molecule has 0 spiro atoms. The zero-order valence-corrected chi connectivity index (χ0v) is 17.0. The fourth-order valence-corrected chi connectivity index (χ4v) is 2.80. The molecule has 1 aromatic rings. The highest BCUT2D eigenvalue weighted by Gasteiger charge is 2.20. The molecular formula is C17H27F2IN4O. The molecule has 0 bridgehead atoms. The van der Waals surface area contributed by atoms with E-state index in [1.807, 2.05) is 6.92 Å². The summed E-state index contributed by atoms with van der Waals surface area (Å²) < 4.78 is 29.5. The quantitative estimate of drug-likeness (QED) is 0.367. The van der Waals surface area contributed by atoms with Crippen LogP contribution in [-0.4, -0.2) is 50.2 Å². The van der Waals surface area contributed by atoms with Crippen molar-refractivity contribution in [2.24, 2.45) is 4.99 Å². The highest BCUT2D eigenvalue weighted by atomic mass is 127. The first-order valence-electron chi connectivity index (χ1n) is 8.35. The van der Waals surface area contributed by atoms with Gasteiger partial charge in [0.1, 0.15) is 5.75 Å². The second kappa shape index (κ2) is 11.5. The van der Waals surface area contributed by atoms with Gasteiger partial charge in [0.25, 0.3) is 0 Å². The number of nitrogens with zero attached hydrogens (tertiary/aromatic N) is 2. The van der Waals surface area contributed by atoms with Gasteiger partial charge in [0.15, 0.2) is 5.96 Å². The average Bonchev–Trinajstić information content (AvgIpc) is 2.96. The molecule has 1 aliphatic heterocycles. The summed E-state index contributed by atoms with van der Waals surface area (Å²) in [6.45, 7) is 2.11. The third-order valence-corrected chi connectivity index (χ3v) is 4.12. The number of guanidine groups is 1. The Kier molecular flexibility index (Phi) is 10.0. The standard InChI is InChI=1S/C17H26F2N4O.HI/c1-3-20-17(22-12-14-8-6-10-23(14)2)21-11-13-7-4-5-9-15(13)24-16(18)19;/h4-5,7,9,14,16H,3,6,8,10-12H2,1-2H3,(H2,20,21,22);1H. The molecule has 25 heavy (non-hydrogen) atoms. The zero-order chi connectivity index (χ0) is 17.4. The van der Waals surface area contributed by atoms with Gasteiger partial charge < -0.3 is 20.3 Å². The topological polar surface area (TPSA) is 48.9 Å². The van der Waals surface area contributed by atoms with Gasteiger partial charge in [-0.05, 0) is 39.4 Å². The molecule has 1 atom stereocenters. The third-order valence-electron chi connectivity index (χ3n) is 4.12. The van der Waals surface area contributed by atoms with Crippen LogP contribution in [0.25, 0.3) is 0 Å². The Hall–Kier alpha value is -1.16. The molecule has 1 saturated heterocycles. The smallest absolute Gasteiger partial charge is 0.387 e. The predicted molar refractivity (Wildman–Crippen MR) is 107 cm³/mol. The van der Waals surface area contributed by atoms with Crippen molar-refractivity contribution in [1.82, 2.24) is 15.5 Å². The third kappa shape index (κ3) is 7.31. The number of likely N-dealkylation sites (N-methyl/N-ethyl adjacent to an activating group) is 1. The first kappa shape index (κ1) is 21.9. The molecule has 0 aromatic heterocycles. The minimum Gasteiger partial charge on any atom is -0.434 e. The van der Waals surface area contributed by atoms with Crippen molar-refractivity contribution in [3.05, 3.63) is 29.8 Å². The molecule has 0 saturated carbocycles. The van der Waals surface area contributed by atoms with Crippen LogP contribution in [0.4, 0.5) is 8.78 Å². The van der Waals surface area contributed by atoms with E-state index < -0.39 is 6.61 Å². The number of halogens is 3. The summed E-state index contributed by atoms with van der Waals surface area (Å²) in [6, 6.07) is 7.24. The van der Waals surface area contributed by atoms with E-state index in [2.05, 4.69) is 32.3 Å². The number of likely N-dealkylation sites (tertiary alicyclic amines) is 1. The van der Waals surface area contributed by atoms with E-state index in [4.69, 9.17) is 0 Å². The van der Waals surface area contributed by atoms with Gasteiger partial charge in [-0.1, -0.05) is 18.2 Å². The molecule has 2 rings (SSSR count). The lowest BCUT2D eigenvalue weighted by atomic mass is 10.2. The van der Waals surface area contributed by atoms with E-state index in [1.165, 1.54) is 18.9 Å². The van der Waals surface area contributed by atoms with Crippen LogP contribution in [-0.2, 0) is 6.54 Å². The van der Waals surface area contributed by atoms with E-state index in [-0.39, 0.29) is 36.3 Å². The van der Waals surface area contributed by atoms with Crippen molar-refractivity contribution >= 4 is 29.9 Å². The van der Waals surface area contributed by atoms with Gasteiger partial charge in [0.05, 0.1) is 6.54 Å². The van der Waals surface area contributed by atoms with Gasteiger partial charge >= 0.3 is 6.61 Å².